The van der Waals surface area contributed by atoms with Gasteiger partial charge in [-0.2, -0.15) is 0 Å². The van der Waals surface area contributed by atoms with Crippen molar-refractivity contribution in [3.8, 4) is 0 Å². The summed E-state index contributed by atoms with van der Waals surface area (Å²) in [6, 6.07) is 9.47. The second-order valence-electron chi connectivity index (χ2n) is 7.64. The number of carbonyl (C=O) groups is 1. The summed E-state index contributed by atoms with van der Waals surface area (Å²) < 4.78 is 25.8. The molecule has 0 bridgehead atoms. The summed E-state index contributed by atoms with van der Waals surface area (Å²) >= 11 is 0. The maximum absolute atomic E-state index is 12.7. The van der Waals surface area contributed by atoms with Crippen LogP contribution in [-0.2, 0) is 14.8 Å². The SMILES string of the molecule is Cc1ccc(N(CC(=O)N[C@H](C)c2cc(C)c(C)cc2C)S(C)(=O)=O)c(C)c1. The van der Waals surface area contributed by atoms with Gasteiger partial charge in [0.2, 0.25) is 15.9 Å². The van der Waals surface area contributed by atoms with Crippen molar-refractivity contribution in [2.24, 2.45) is 0 Å². The Kier molecular flexibility index (Phi) is 6.55. The Hall–Kier alpha value is -2.34. The number of rotatable bonds is 6. The Morgan fingerprint density at radius 1 is 0.964 bits per heavy atom. The molecule has 5 nitrogen and oxygen atoms in total. The molecule has 2 aromatic carbocycles. The molecule has 2 rings (SSSR count). The van der Waals surface area contributed by atoms with Crippen LogP contribution in [0, 0.1) is 34.6 Å². The van der Waals surface area contributed by atoms with E-state index in [2.05, 4.69) is 24.4 Å². The van der Waals surface area contributed by atoms with Crippen LogP contribution in [0.3, 0.4) is 0 Å². The van der Waals surface area contributed by atoms with Crippen LogP contribution in [0.5, 0.6) is 0 Å². The van der Waals surface area contributed by atoms with Gasteiger partial charge in [-0.3, -0.25) is 9.10 Å². The zero-order valence-electron chi connectivity index (χ0n) is 17.8. The molecule has 0 saturated carbocycles. The summed E-state index contributed by atoms with van der Waals surface area (Å²) in [6.07, 6.45) is 1.12. The second-order valence-corrected chi connectivity index (χ2v) is 9.55. The van der Waals surface area contributed by atoms with Crippen molar-refractivity contribution in [3.63, 3.8) is 0 Å². The van der Waals surface area contributed by atoms with E-state index in [-0.39, 0.29) is 18.5 Å². The van der Waals surface area contributed by atoms with E-state index in [0.29, 0.717) is 5.69 Å². The largest absolute Gasteiger partial charge is 0.348 e. The highest BCUT2D eigenvalue weighted by Gasteiger charge is 2.23. The number of amides is 1. The smallest absolute Gasteiger partial charge is 0.241 e. The van der Waals surface area contributed by atoms with Crippen LogP contribution in [-0.4, -0.2) is 27.1 Å². The summed E-state index contributed by atoms with van der Waals surface area (Å²) in [6.45, 7) is 11.6. The van der Waals surface area contributed by atoms with E-state index in [1.165, 1.54) is 5.56 Å². The van der Waals surface area contributed by atoms with E-state index in [9.17, 15) is 13.2 Å². The summed E-state index contributed by atoms with van der Waals surface area (Å²) in [5.74, 6) is -0.337. The highest BCUT2D eigenvalue weighted by atomic mass is 32.2. The van der Waals surface area contributed by atoms with Crippen LogP contribution in [0.4, 0.5) is 5.69 Å². The maximum atomic E-state index is 12.7. The molecule has 6 heteroatoms. The first-order valence-electron chi connectivity index (χ1n) is 9.32. The predicted molar refractivity (Wildman–Crippen MR) is 115 cm³/mol. The van der Waals surface area contributed by atoms with Gasteiger partial charge in [0.05, 0.1) is 18.0 Å². The van der Waals surface area contributed by atoms with Crippen molar-refractivity contribution in [2.45, 2.75) is 47.6 Å². The minimum absolute atomic E-state index is 0.215. The average Bonchev–Trinajstić information content (AvgIpc) is 2.55. The number of aryl methyl sites for hydroxylation is 5. The minimum atomic E-state index is -3.60. The molecule has 0 radical (unpaired) electrons. The lowest BCUT2D eigenvalue weighted by Gasteiger charge is -2.25. The number of carbonyl (C=O) groups excluding carboxylic acids is 1. The van der Waals surface area contributed by atoms with E-state index in [1.807, 2.05) is 46.8 Å². The zero-order valence-corrected chi connectivity index (χ0v) is 18.6. The molecular weight excluding hydrogens is 372 g/mol. The minimum Gasteiger partial charge on any atom is -0.348 e. The van der Waals surface area contributed by atoms with Crippen molar-refractivity contribution in [2.75, 3.05) is 17.1 Å². The number of sulfonamides is 1. The lowest BCUT2D eigenvalue weighted by Crippen LogP contribution is -2.41. The first-order chi connectivity index (χ1) is 12.9. The molecule has 0 unspecified atom stereocenters. The molecule has 0 aromatic heterocycles. The molecule has 0 fully saturated rings. The van der Waals surface area contributed by atoms with Crippen LogP contribution in [0.2, 0.25) is 0 Å². The highest BCUT2D eigenvalue weighted by molar-refractivity contribution is 7.92. The van der Waals surface area contributed by atoms with Crippen LogP contribution in [0.1, 0.15) is 46.3 Å². The predicted octanol–water partition coefficient (Wildman–Crippen LogP) is 3.87. The number of nitrogens with zero attached hydrogens (tertiary/aromatic N) is 1. The van der Waals surface area contributed by atoms with Gasteiger partial charge < -0.3 is 5.32 Å². The van der Waals surface area contributed by atoms with Gasteiger partial charge in [0.25, 0.3) is 0 Å². The average molecular weight is 403 g/mol. The molecule has 0 spiro atoms. The standard InChI is InChI=1S/C22H30N2O3S/c1-14-8-9-21(18(5)10-14)24(28(7,26)27)13-22(25)23-19(6)20-12-16(3)15(2)11-17(20)4/h8-12,19H,13H2,1-7H3,(H,23,25)/t19-/m1/s1. The quantitative estimate of drug-likeness (QED) is 0.798. The fraction of sp³-hybridized carbons (Fsp3) is 0.409. The van der Waals surface area contributed by atoms with E-state index in [0.717, 1.165) is 38.4 Å². The Bertz CT molecular complexity index is 997. The number of hydrogen-bond donors (Lipinski definition) is 1. The van der Waals surface area contributed by atoms with Crippen molar-refractivity contribution < 1.29 is 13.2 Å². The molecule has 0 aliphatic heterocycles. The third-order valence-electron chi connectivity index (χ3n) is 5.03. The summed E-state index contributed by atoms with van der Waals surface area (Å²) in [5, 5.41) is 2.94. The van der Waals surface area contributed by atoms with E-state index in [4.69, 9.17) is 0 Å². The van der Waals surface area contributed by atoms with Crippen molar-refractivity contribution in [3.05, 3.63) is 63.7 Å². The maximum Gasteiger partial charge on any atom is 0.241 e. The normalized spacial score (nSPS) is 12.5. The molecule has 0 saturated heterocycles. The van der Waals surface area contributed by atoms with Crippen LogP contribution >= 0.6 is 0 Å². The number of benzene rings is 2. The number of anilines is 1. The van der Waals surface area contributed by atoms with E-state index >= 15 is 0 Å². The fourth-order valence-electron chi connectivity index (χ4n) is 3.41. The summed E-state index contributed by atoms with van der Waals surface area (Å²) in [5.41, 5.74) is 6.89. The molecule has 0 heterocycles. The number of hydrogen-bond acceptors (Lipinski definition) is 3. The van der Waals surface area contributed by atoms with Crippen molar-refractivity contribution in [1.29, 1.82) is 0 Å². The lowest BCUT2D eigenvalue weighted by atomic mass is 9.96. The van der Waals surface area contributed by atoms with Gasteiger partial charge in [0.15, 0.2) is 0 Å². The van der Waals surface area contributed by atoms with Crippen LogP contribution in [0.25, 0.3) is 0 Å². The fourth-order valence-corrected chi connectivity index (χ4v) is 4.32. The van der Waals surface area contributed by atoms with Gasteiger partial charge in [-0.05, 0) is 75.4 Å². The molecule has 1 amide bonds. The first-order valence-corrected chi connectivity index (χ1v) is 11.2. The molecule has 152 valence electrons. The monoisotopic (exact) mass is 402 g/mol. The van der Waals surface area contributed by atoms with Gasteiger partial charge in [-0.25, -0.2) is 8.42 Å². The van der Waals surface area contributed by atoms with Gasteiger partial charge in [-0.15, -0.1) is 0 Å². The molecule has 1 atom stereocenters. The van der Waals surface area contributed by atoms with Crippen LogP contribution in [0.15, 0.2) is 30.3 Å². The lowest BCUT2D eigenvalue weighted by molar-refractivity contribution is -0.120. The molecule has 28 heavy (non-hydrogen) atoms. The third kappa shape index (κ3) is 5.13. The Morgan fingerprint density at radius 2 is 1.57 bits per heavy atom. The Labute approximate surface area is 168 Å². The van der Waals surface area contributed by atoms with Crippen molar-refractivity contribution >= 4 is 21.6 Å². The molecule has 0 aliphatic rings. The Morgan fingerprint density at radius 3 is 2.14 bits per heavy atom. The van der Waals surface area contributed by atoms with E-state index in [1.54, 1.807) is 6.07 Å². The van der Waals surface area contributed by atoms with Gasteiger partial charge in [-0.1, -0.05) is 29.8 Å². The van der Waals surface area contributed by atoms with Crippen molar-refractivity contribution in [1.82, 2.24) is 5.32 Å². The molecule has 0 aliphatic carbocycles. The molecular formula is C22H30N2O3S. The Balaban J connectivity index is 2.24. The van der Waals surface area contributed by atoms with Gasteiger partial charge in [0, 0.05) is 0 Å². The van der Waals surface area contributed by atoms with E-state index < -0.39 is 10.0 Å². The summed E-state index contributed by atoms with van der Waals surface area (Å²) in [7, 11) is -3.60. The van der Waals surface area contributed by atoms with Crippen LogP contribution < -0.4 is 9.62 Å². The summed E-state index contributed by atoms with van der Waals surface area (Å²) in [4.78, 5) is 12.7. The molecule has 1 N–H and O–H groups in total. The third-order valence-corrected chi connectivity index (χ3v) is 6.16. The number of nitrogens with one attached hydrogen (secondary N) is 1. The highest BCUT2D eigenvalue weighted by Crippen LogP contribution is 2.24. The first kappa shape index (κ1) is 22.0. The molecule has 2 aromatic rings. The zero-order chi connectivity index (χ0) is 21.2. The topological polar surface area (TPSA) is 66.5 Å². The van der Waals surface area contributed by atoms with Gasteiger partial charge in [0.1, 0.15) is 6.54 Å². The van der Waals surface area contributed by atoms with Gasteiger partial charge >= 0.3 is 0 Å². The second kappa shape index (κ2) is 8.35.